The van der Waals surface area contributed by atoms with Gasteiger partial charge in [0.05, 0.1) is 13.0 Å². The van der Waals surface area contributed by atoms with Crippen molar-refractivity contribution in [2.75, 3.05) is 12.3 Å². The number of hydrogen-bond acceptors (Lipinski definition) is 6. The predicted octanol–water partition coefficient (Wildman–Crippen LogP) is 2.10. The molecule has 2 N–H and O–H groups in total. The third-order valence-electron chi connectivity index (χ3n) is 5.25. The zero-order valence-corrected chi connectivity index (χ0v) is 18.0. The van der Waals surface area contributed by atoms with Crippen molar-refractivity contribution in [2.24, 2.45) is 7.05 Å². The van der Waals surface area contributed by atoms with Crippen molar-refractivity contribution >= 4 is 17.6 Å². The highest BCUT2D eigenvalue weighted by molar-refractivity contribution is 6.01. The SMILES string of the molecule is CC(CC(=O)OCC(=O)c1c(N)n(Cc2ccccc2)c(=O)n(C)c1=O)c1ccccc1. The van der Waals surface area contributed by atoms with Crippen LogP contribution < -0.4 is 17.0 Å². The van der Waals surface area contributed by atoms with E-state index in [4.69, 9.17) is 10.5 Å². The second-order valence-electron chi connectivity index (χ2n) is 7.58. The van der Waals surface area contributed by atoms with Gasteiger partial charge in [0.25, 0.3) is 5.56 Å². The maximum Gasteiger partial charge on any atom is 0.332 e. The van der Waals surface area contributed by atoms with Gasteiger partial charge >= 0.3 is 11.7 Å². The molecule has 0 aliphatic rings. The van der Waals surface area contributed by atoms with E-state index in [1.807, 2.05) is 43.3 Å². The Bertz CT molecular complexity index is 1230. The van der Waals surface area contributed by atoms with Crippen LogP contribution >= 0.6 is 0 Å². The number of esters is 1. The Morgan fingerprint density at radius 1 is 1.00 bits per heavy atom. The molecule has 1 unspecified atom stereocenters. The van der Waals surface area contributed by atoms with E-state index in [1.54, 1.807) is 24.3 Å². The summed E-state index contributed by atoms with van der Waals surface area (Å²) in [6.07, 6.45) is 0.0816. The van der Waals surface area contributed by atoms with Crippen LogP contribution in [0.15, 0.2) is 70.3 Å². The lowest BCUT2D eigenvalue weighted by Gasteiger charge is -2.15. The van der Waals surface area contributed by atoms with Crippen molar-refractivity contribution in [3.05, 3.63) is 98.2 Å². The van der Waals surface area contributed by atoms with Crippen LogP contribution in [-0.4, -0.2) is 27.5 Å². The van der Waals surface area contributed by atoms with Crippen LogP contribution in [-0.2, 0) is 23.1 Å². The molecule has 0 spiro atoms. The van der Waals surface area contributed by atoms with Gasteiger partial charge in [0, 0.05) is 7.05 Å². The zero-order chi connectivity index (χ0) is 23.3. The normalized spacial score (nSPS) is 11.7. The van der Waals surface area contributed by atoms with Gasteiger partial charge in [-0.05, 0) is 17.0 Å². The molecule has 8 heteroatoms. The van der Waals surface area contributed by atoms with Gasteiger partial charge < -0.3 is 10.5 Å². The van der Waals surface area contributed by atoms with Gasteiger partial charge in [-0.25, -0.2) is 4.79 Å². The maximum atomic E-state index is 12.7. The van der Waals surface area contributed by atoms with Crippen LogP contribution in [0.5, 0.6) is 0 Å². The number of aromatic nitrogens is 2. The van der Waals surface area contributed by atoms with Crippen LogP contribution in [0, 0.1) is 0 Å². The second kappa shape index (κ2) is 9.91. The van der Waals surface area contributed by atoms with Gasteiger partial charge in [0.2, 0.25) is 5.78 Å². The number of anilines is 1. The molecule has 0 aliphatic heterocycles. The smallest absolute Gasteiger partial charge is 0.332 e. The lowest BCUT2D eigenvalue weighted by Crippen LogP contribution is -2.43. The van der Waals surface area contributed by atoms with Crippen molar-refractivity contribution in [3.63, 3.8) is 0 Å². The first-order valence-electron chi connectivity index (χ1n) is 10.2. The third kappa shape index (κ3) is 5.03. The van der Waals surface area contributed by atoms with Crippen LogP contribution in [0.1, 0.15) is 40.7 Å². The predicted molar refractivity (Wildman–Crippen MR) is 121 cm³/mol. The van der Waals surface area contributed by atoms with E-state index in [0.717, 1.165) is 20.3 Å². The van der Waals surface area contributed by atoms with E-state index in [2.05, 4.69) is 0 Å². The first kappa shape index (κ1) is 22.7. The van der Waals surface area contributed by atoms with Gasteiger partial charge in [-0.1, -0.05) is 67.6 Å². The molecule has 0 bridgehead atoms. The van der Waals surface area contributed by atoms with E-state index < -0.39 is 29.6 Å². The fourth-order valence-electron chi connectivity index (χ4n) is 3.39. The first-order chi connectivity index (χ1) is 15.3. The van der Waals surface area contributed by atoms with Gasteiger partial charge in [0.15, 0.2) is 6.61 Å². The summed E-state index contributed by atoms with van der Waals surface area (Å²) in [6.45, 7) is 1.34. The summed E-state index contributed by atoms with van der Waals surface area (Å²) in [5.41, 5.74) is 5.98. The number of ether oxygens (including phenoxy) is 1. The van der Waals surface area contributed by atoms with Crippen molar-refractivity contribution in [1.82, 2.24) is 9.13 Å². The maximum absolute atomic E-state index is 12.7. The Balaban J connectivity index is 1.76. The van der Waals surface area contributed by atoms with E-state index in [9.17, 15) is 19.2 Å². The molecule has 0 amide bonds. The molecule has 8 nitrogen and oxygen atoms in total. The number of carbonyl (C=O) groups excluding carboxylic acids is 2. The Morgan fingerprint density at radius 3 is 2.22 bits per heavy atom. The number of carbonyl (C=O) groups is 2. The summed E-state index contributed by atoms with van der Waals surface area (Å²) in [6, 6.07) is 18.5. The Kier molecular flexibility index (Phi) is 7.04. The van der Waals surface area contributed by atoms with Crippen molar-refractivity contribution in [3.8, 4) is 0 Å². The Labute approximate surface area is 184 Å². The number of ketones is 1. The van der Waals surface area contributed by atoms with Crippen LogP contribution in [0.4, 0.5) is 5.82 Å². The third-order valence-corrected chi connectivity index (χ3v) is 5.25. The van der Waals surface area contributed by atoms with Crippen LogP contribution in [0.3, 0.4) is 0 Å². The minimum Gasteiger partial charge on any atom is -0.457 e. The van der Waals surface area contributed by atoms with Crippen molar-refractivity contribution in [2.45, 2.75) is 25.8 Å². The molecule has 1 heterocycles. The van der Waals surface area contributed by atoms with E-state index in [-0.39, 0.29) is 30.3 Å². The molecule has 0 radical (unpaired) electrons. The molecule has 0 aliphatic carbocycles. The highest BCUT2D eigenvalue weighted by atomic mass is 16.5. The summed E-state index contributed by atoms with van der Waals surface area (Å²) in [5, 5.41) is 0. The molecule has 1 aromatic heterocycles. The van der Waals surface area contributed by atoms with E-state index in [1.165, 1.54) is 7.05 Å². The van der Waals surface area contributed by atoms with Crippen molar-refractivity contribution < 1.29 is 14.3 Å². The average molecular weight is 435 g/mol. The lowest BCUT2D eigenvalue weighted by atomic mass is 9.98. The number of nitrogens with zero attached hydrogens (tertiary/aromatic N) is 2. The number of benzene rings is 2. The first-order valence-corrected chi connectivity index (χ1v) is 10.2. The zero-order valence-electron chi connectivity index (χ0n) is 18.0. The monoisotopic (exact) mass is 435 g/mol. The highest BCUT2D eigenvalue weighted by Gasteiger charge is 2.23. The molecule has 3 rings (SSSR count). The highest BCUT2D eigenvalue weighted by Crippen LogP contribution is 2.19. The average Bonchev–Trinajstić information content (AvgIpc) is 2.80. The molecule has 2 aromatic carbocycles. The number of Topliss-reactive ketones (excluding diaryl/α,β-unsaturated/α-hetero) is 1. The lowest BCUT2D eigenvalue weighted by molar-refractivity contribution is -0.142. The number of nitrogens with two attached hydrogens (primary N) is 1. The molecular formula is C24H25N3O5. The molecule has 3 aromatic rings. The Hall–Kier alpha value is -3.94. The standard InChI is InChI=1S/C24H25N3O5/c1-16(18-11-7-4-8-12-18)13-20(29)32-15-19(28)21-22(25)27(24(31)26(2)23(21)30)14-17-9-5-3-6-10-17/h3-12,16H,13-15,25H2,1-2H3. The Morgan fingerprint density at radius 2 is 1.59 bits per heavy atom. The van der Waals surface area contributed by atoms with Gasteiger partial charge in [-0.2, -0.15) is 0 Å². The molecule has 166 valence electrons. The van der Waals surface area contributed by atoms with Gasteiger partial charge in [-0.3, -0.25) is 23.5 Å². The van der Waals surface area contributed by atoms with Crippen LogP contribution in [0.25, 0.3) is 0 Å². The summed E-state index contributed by atoms with van der Waals surface area (Å²) >= 11 is 0. The minimum atomic E-state index is -0.824. The molecule has 32 heavy (non-hydrogen) atoms. The van der Waals surface area contributed by atoms with Gasteiger partial charge in [-0.15, -0.1) is 0 Å². The summed E-state index contributed by atoms with van der Waals surface area (Å²) in [5.74, 6) is -1.67. The van der Waals surface area contributed by atoms with Crippen LogP contribution in [0.2, 0.25) is 0 Å². The van der Waals surface area contributed by atoms with Gasteiger partial charge in [0.1, 0.15) is 11.4 Å². The summed E-state index contributed by atoms with van der Waals surface area (Å²) in [4.78, 5) is 50.1. The number of rotatable bonds is 8. The fourth-order valence-corrected chi connectivity index (χ4v) is 3.39. The van der Waals surface area contributed by atoms with E-state index >= 15 is 0 Å². The number of nitrogen functional groups attached to an aromatic ring is 1. The second-order valence-corrected chi connectivity index (χ2v) is 7.58. The summed E-state index contributed by atoms with van der Waals surface area (Å²) < 4.78 is 7.09. The quantitative estimate of drug-likeness (QED) is 0.428. The van der Waals surface area contributed by atoms with Crippen molar-refractivity contribution in [1.29, 1.82) is 0 Å². The largest absolute Gasteiger partial charge is 0.457 e. The minimum absolute atomic E-state index is 0.0816. The summed E-state index contributed by atoms with van der Waals surface area (Å²) in [7, 11) is 1.27. The fraction of sp³-hybridized carbons (Fsp3) is 0.250. The molecule has 0 saturated carbocycles. The molecular weight excluding hydrogens is 410 g/mol. The molecule has 1 atom stereocenters. The topological polar surface area (TPSA) is 113 Å². The molecule has 0 saturated heterocycles. The molecule has 0 fully saturated rings. The van der Waals surface area contributed by atoms with E-state index in [0.29, 0.717) is 0 Å². The number of hydrogen-bond donors (Lipinski definition) is 1.